The molecule has 0 heterocycles. The lowest BCUT2D eigenvalue weighted by Crippen LogP contribution is -1.61. The molecule has 0 saturated heterocycles. The molecule has 12 heavy (non-hydrogen) atoms. The fourth-order valence-corrected chi connectivity index (χ4v) is 0.550. The monoisotopic (exact) mass is 158 g/mol. The van der Waals surface area contributed by atoms with Gasteiger partial charge in [0.1, 0.15) is 0 Å². The molecule has 0 unspecified atom stereocenters. The van der Waals surface area contributed by atoms with Gasteiger partial charge in [-0.25, -0.2) is 0 Å². The van der Waals surface area contributed by atoms with Crippen LogP contribution in [0.25, 0.3) is 0 Å². The summed E-state index contributed by atoms with van der Waals surface area (Å²) in [5.41, 5.74) is 0. The van der Waals surface area contributed by atoms with E-state index in [-0.39, 0.29) is 0 Å². The minimum Gasteiger partial charge on any atom is -0.198 e. The molecule has 0 rings (SSSR count). The van der Waals surface area contributed by atoms with Crippen molar-refractivity contribution in [2.75, 3.05) is 0 Å². The van der Waals surface area contributed by atoms with Crippen molar-refractivity contribution in [2.45, 2.75) is 12.8 Å². The number of nitriles is 2. The van der Waals surface area contributed by atoms with E-state index in [2.05, 4.69) is 0 Å². The van der Waals surface area contributed by atoms with Crippen molar-refractivity contribution in [2.24, 2.45) is 0 Å². The number of allylic oxidation sites excluding steroid dienone is 6. The van der Waals surface area contributed by atoms with Gasteiger partial charge in [0.15, 0.2) is 0 Å². The van der Waals surface area contributed by atoms with E-state index in [0.717, 1.165) is 6.42 Å². The van der Waals surface area contributed by atoms with E-state index < -0.39 is 0 Å². The summed E-state index contributed by atoms with van der Waals surface area (Å²) >= 11 is 0. The Kier molecular flexibility index (Phi) is 7.82. The Balaban J connectivity index is 3.48. The fraction of sp³-hybridized carbons (Fsp3) is 0.200. The zero-order valence-corrected chi connectivity index (χ0v) is 6.77. The summed E-state index contributed by atoms with van der Waals surface area (Å²) in [7, 11) is 0. The van der Waals surface area contributed by atoms with Gasteiger partial charge >= 0.3 is 0 Å². The van der Waals surface area contributed by atoms with E-state index in [1.807, 2.05) is 30.4 Å². The molecule has 2 heteroatoms. The second-order valence-corrected chi connectivity index (χ2v) is 2.00. The molecule has 0 aromatic carbocycles. The van der Waals surface area contributed by atoms with Crippen LogP contribution in [0.3, 0.4) is 0 Å². The highest BCUT2D eigenvalue weighted by atomic mass is 14.2. The van der Waals surface area contributed by atoms with Crippen LogP contribution in [0.5, 0.6) is 0 Å². The van der Waals surface area contributed by atoms with E-state index in [1.165, 1.54) is 6.08 Å². The van der Waals surface area contributed by atoms with Crippen molar-refractivity contribution in [1.82, 2.24) is 0 Å². The average molecular weight is 158 g/mol. The van der Waals surface area contributed by atoms with Gasteiger partial charge in [0, 0.05) is 12.5 Å². The van der Waals surface area contributed by atoms with E-state index in [1.54, 1.807) is 12.2 Å². The Bertz CT molecular complexity index is 259. The summed E-state index contributed by atoms with van der Waals surface area (Å²) in [4.78, 5) is 0. The molecule has 0 aliphatic heterocycles. The Morgan fingerprint density at radius 2 is 1.75 bits per heavy atom. The summed E-state index contributed by atoms with van der Waals surface area (Å²) in [6, 6.07) is 3.93. The number of rotatable bonds is 4. The highest BCUT2D eigenvalue weighted by Gasteiger charge is 1.73. The van der Waals surface area contributed by atoms with Crippen molar-refractivity contribution in [3.63, 3.8) is 0 Å². The molecular formula is C10H10N2. The van der Waals surface area contributed by atoms with Crippen molar-refractivity contribution < 1.29 is 0 Å². The second kappa shape index (κ2) is 9.20. The maximum absolute atomic E-state index is 8.19. The second-order valence-electron chi connectivity index (χ2n) is 2.00. The highest BCUT2D eigenvalue weighted by molar-refractivity contribution is 5.15. The quantitative estimate of drug-likeness (QED) is 0.358. The summed E-state index contributed by atoms with van der Waals surface area (Å²) in [6.07, 6.45) is 11.8. The van der Waals surface area contributed by atoms with E-state index >= 15 is 0 Å². The third kappa shape index (κ3) is 8.20. The molecule has 0 aliphatic carbocycles. The largest absolute Gasteiger partial charge is 0.198 e. The minimum absolute atomic E-state index is 0.554. The molecule has 0 bridgehead atoms. The molecular weight excluding hydrogens is 148 g/mol. The molecule has 0 atom stereocenters. The molecule has 0 aromatic heterocycles. The molecule has 0 radical (unpaired) electrons. The molecule has 60 valence electrons. The van der Waals surface area contributed by atoms with Crippen molar-refractivity contribution >= 4 is 0 Å². The zero-order valence-electron chi connectivity index (χ0n) is 6.77. The predicted octanol–water partition coefficient (Wildman–Crippen LogP) is 2.48. The van der Waals surface area contributed by atoms with Crippen LogP contribution in [0.15, 0.2) is 36.5 Å². The van der Waals surface area contributed by atoms with Crippen LogP contribution in [0.4, 0.5) is 0 Å². The third-order valence-electron chi connectivity index (χ3n) is 1.06. The first-order chi connectivity index (χ1) is 5.91. The van der Waals surface area contributed by atoms with Gasteiger partial charge in [0.25, 0.3) is 0 Å². The van der Waals surface area contributed by atoms with Crippen LogP contribution < -0.4 is 0 Å². The number of hydrogen-bond acceptors (Lipinski definition) is 2. The van der Waals surface area contributed by atoms with Crippen molar-refractivity contribution in [3.05, 3.63) is 36.5 Å². The lowest BCUT2D eigenvalue weighted by atomic mass is 10.3. The number of unbranched alkanes of at least 4 members (excludes halogenated alkanes) is 1. The Labute approximate surface area is 72.7 Å². The minimum atomic E-state index is 0.554. The summed E-state index contributed by atoms with van der Waals surface area (Å²) < 4.78 is 0. The highest BCUT2D eigenvalue weighted by Crippen LogP contribution is 1.88. The van der Waals surface area contributed by atoms with Gasteiger partial charge in [-0.05, 0) is 6.42 Å². The Morgan fingerprint density at radius 1 is 1.00 bits per heavy atom. The van der Waals surface area contributed by atoms with Crippen LogP contribution in [0.1, 0.15) is 12.8 Å². The lowest BCUT2D eigenvalue weighted by molar-refractivity contribution is 1.06. The number of nitrogens with zero attached hydrogens (tertiary/aromatic N) is 2. The van der Waals surface area contributed by atoms with Crippen molar-refractivity contribution in [3.8, 4) is 12.1 Å². The molecule has 0 aliphatic rings. The van der Waals surface area contributed by atoms with E-state index in [4.69, 9.17) is 10.5 Å². The Hall–Kier alpha value is -1.80. The first-order valence-corrected chi connectivity index (χ1v) is 3.66. The molecule has 0 amide bonds. The molecule has 0 N–H and O–H groups in total. The normalized spacial score (nSPS) is 10.8. The zero-order chi connectivity index (χ0) is 9.07. The molecule has 0 fully saturated rings. The summed E-state index contributed by atoms with van der Waals surface area (Å²) in [5, 5.41) is 16.3. The van der Waals surface area contributed by atoms with E-state index in [9.17, 15) is 0 Å². The number of hydrogen-bond donors (Lipinski definition) is 0. The van der Waals surface area contributed by atoms with Gasteiger partial charge in [-0.1, -0.05) is 30.4 Å². The SMILES string of the molecule is N#CC=CC=CC=CCCC#N. The van der Waals surface area contributed by atoms with Crippen LogP contribution in [-0.2, 0) is 0 Å². The first-order valence-electron chi connectivity index (χ1n) is 3.66. The predicted molar refractivity (Wildman–Crippen MR) is 47.9 cm³/mol. The topological polar surface area (TPSA) is 47.6 Å². The molecule has 0 aromatic rings. The van der Waals surface area contributed by atoms with Crippen LogP contribution in [0.2, 0.25) is 0 Å². The average Bonchev–Trinajstić information content (AvgIpc) is 2.10. The fourth-order valence-electron chi connectivity index (χ4n) is 0.550. The maximum Gasteiger partial charge on any atom is 0.0912 e. The lowest BCUT2D eigenvalue weighted by Gasteiger charge is -1.77. The van der Waals surface area contributed by atoms with Gasteiger partial charge in [-0.15, -0.1) is 0 Å². The maximum atomic E-state index is 8.19. The molecule has 0 saturated carbocycles. The van der Waals surface area contributed by atoms with Gasteiger partial charge in [0.05, 0.1) is 12.1 Å². The summed E-state index contributed by atoms with van der Waals surface area (Å²) in [5.74, 6) is 0. The van der Waals surface area contributed by atoms with Crippen LogP contribution in [0, 0.1) is 22.7 Å². The van der Waals surface area contributed by atoms with Gasteiger partial charge in [0.2, 0.25) is 0 Å². The van der Waals surface area contributed by atoms with Gasteiger partial charge < -0.3 is 0 Å². The molecule has 2 nitrogen and oxygen atoms in total. The van der Waals surface area contributed by atoms with Gasteiger partial charge in [-0.3, -0.25) is 0 Å². The third-order valence-corrected chi connectivity index (χ3v) is 1.06. The van der Waals surface area contributed by atoms with Crippen LogP contribution in [-0.4, -0.2) is 0 Å². The van der Waals surface area contributed by atoms with E-state index in [0.29, 0.717) is 6.42 Å². The van der Waals surface area contributed by atoms with Gasteiger partial charge in [-0.2, -0.15) is 10.5 Å². The summed E-state index contributed by atoms with van der Waals surface area (Å²) in [6.45, 7) is 0. The molecule has 0 spiro atoms. The van der Waals surface area contributed by atoms with Crippen LogP contribution >= 0.6 is 0 Å². The first kappa shape index (κ1) is 10.2. The Morgan fingerprint density at radius 3 is 2.42 bits per heavy atom. The van der Waals surface area contributed by atoms with Crippen molar-refractivity contribution in [1.29, 1.82) is 10.5 Å². The smallest absolute Gasteiger partial charge is 0.0912 e. The standard InChI is InChI=1S/C10H10N2/c11-9-7-5-3-1-2-4-6-8-10-12/h1-5,7H,6,8H2.